The number of piperazine rings is 1. The first-order valence-corrected chi connectivity index (χ1v) is 22.0. The molecule has 20 heteroatoms. The third kappa shape index (κ3) is 8.91. The average Bonchev–Trinajstić information content (AvgIpc) is 3.70. The Hall–Kier alpha value is -6.51. The summed E-state index contributed by atoms with van der Waals surface area (Å²) in [7, 11) is -2.68. The Labute approximate surface area is 361 Å². The number of imide groups is 1. The van der Waals surface area contributed by atoms with Crippen molar-refractivity contribution in [3.63, 3.8) is 0 Å². The number of piperidine rings is 1. The number of urea groups is 1. The maximum atomic E-state index is 15.6. The van der Waals surface area contributed by atoms with Crippen molar-refractivity contribution in [3.05, 3.63) is 95.9 Å². The van der Waals surface area contributed by atoms with Crippen LogP contribution in [0.15, 0.2) is 73.2 Å². The number of halogens is 2. The molecule has 0 radical (unpaired) electrons. The summed E-state index contributed by atoms with van der Waals surface area (Å²) in [4.78, 5) is 69.8. The lowest BCUT2D eigenvalue weighted by Gasteiger charge is -2.41. The SMILES string of the molecule is CCN(C)S(=O)(=O)Nc1cccc(C(=O)c2c[nH]c3ncc(-c4ccc(N5CCN(C(=O)CC6(O)CCN(c7ccc(N8CCC(=O)NC8=O)cc7F)CC6)CC5)nc4)cc23)c1F. The van der Waals surface area contributed by atoms with Crippen molar-refractivity contribution in [3.8, 4) is 11.1 Å². The Balaban J connectivity index is 0.853. The van der Waals surface area contributed by atoms with Gasteiger partial charge in [-0.1, -0.05) is 13.0 Å². The third-order valence-corrected chi connectivity index (χ3v) is 13.5. The molecule has 3 aliphatic heterocycles. The molecule has 6 heterocycles. The fourth-order valence-corrected chi connectivity index (χ4v) is 8.99. The topological polar surface area (TPSA) is 204 Å². The molecule has 0 unspecified atom stereocenters. The molecular formula is C43H46F2N10O7S. The number of amides is 4. The lowest BCUT2D eigenvalue weighted by molar-refractivity contribution is -0.137. The highest BCUT2D eigenvalue weighted by Crippen LogP contribution is 2.34. The maximum absolute atomic E-state index is 15.6. The number of carbonyl (C=O) groups is 4. The number of fused-ring (bicyclic) bond motifs is 1. The second kappa shape index (κ2) is 17.3. The van der Waals surface area contributed by atoms with Crippen molar-refractivity contribution in [1.29, 1.82) is 0 Å². The van der Waals surface area contributed by atoms with E-state index in [1.807, 2.05) is 17.0 Å². The Morgan fingerprint density at radius 3 is 2.33 bits per heavy atom. The van der Waals surface area contributed by atoms with Crippen LogP contribution in [-0.2, 0) is 19.8 Å². The van der Waals surface area contributed by atoms with Crippen molar-refractivity contribution in [2.45, 2.75) is 38.2 Å². The molecule has 8 rings (SSSR count). The number of benzene rings is 2. The van der Waals surface area contributed by atoms with Gasteiger partial charge in [0.1, 0.15) is 17.3 Å². The number of aromatic nitrogens is 3. The summed E-state index contributed by atoms with van der Waals surface area (Å²) >= 11 is 0. The number of nitrogens with zero attached hydrogens (tertiary/aromatic N) is 7. The first-order valence-electron chi connectivity index (χ1n) is 20.5. The minimum Gasteiger partial charge on any atom is -0.389 e. The van der Waals surface area contributed by atoms with Gasteiger partial charge in [-0.05, 0) is 61.4 Å². The molecule has 3 aliphatic rings. The number of anilines is 4. The smallest absolute Gasteiger partial charge is 0.328 e. The number of pyridine rings is 2. The van der Waals surface area contributed by atoms with E-state index < -0.39 is 39.3 Å². The Bertz CT molecular complexity index is 2700. The van der Waals surface area contributed by atoms with Crippen LogP contribution in [0, 0.1) is 11.6 Å². The number of carbonyl (C=O) groups excluding carboxylic acids is 4. The minimum absolute atomic E-state index is 0.0510. The van der Waals surface area contributed by atoms with E-state index in [2.05, 4.69) is 29.9 Å². The Morgan fingerprint density at radius 2 is 1.65 bits per heavy atom. The molecule has 3 aromatic heterocycles. The van der Waals surface area contributed by atoms with E-state index in [1.54, 1.807) is 42.4 Å². The zero-order chi connectivity index (χ0) is 44.6. The van der Waals surface area contributed by atoms with Crippen LogP contribution in [0.1, 0.15) is 48.5 Å². The highest BCUT2D eigenvalue weighted by Gasteiger charge is 2.37. The van der Waals surface area contributed by atoms with E-state index in [-0.39, 0.29) is 67.4 Å². The van der Waals surface area contributed by atoms with Crippen molar-refractivity contribution >= 4 is 67.8 Å². The van der Waals surface area contributed by atoms with Gasteiger partial charge in [-0.2, -0.15) is 12.7 Å². The van der Waals surface area contributed by atoms with Crippen LogP contribution in [0.5, 0.6) is 0 Å². The normalized spacial score (nSPS) is 17.0. The molecule has 17 nitrogen and oxygen atoms in total. The molecule has 3 fully saturated rings. The summed E-state index contributed by atoms with van der Waals surface area (Å²) < 4.78 is 59.2. The molecular weight excluding hydrogens is 839 g/mol. The van der Waals surface area contributed by atoms with Crippen molar-refractivity contribution < 1.29 is 41.5 Å². The summed E-state index contributed by atoms with van der Waals surface area (Å²) in [5.74, 6) is -2.01. The van der Waals surface area contributed by atoms with Crippen LogP contribution in [0.2, 0.25) is 0 Å². The van der Waals surface area contributed by atoms with Gasteiger partial charge in [0.2, 0.25) is 11.8 Å². The Morgan fingerprint density at radius 1 is 0.905 bits per heavy atom. The predicted octanol–water partition coefficient (Wildman–Crippen LogP) is 4.26. The maximum Gasteiger partial charge on any atom is 0.328 e. The first-order chi connectivity index (χ1) is 30.1. The second-order valence-corrected chi connectivity index (χ2v) is 17.7. The number of aliphatic hydroxyl groups is 1. The van der Waals surface area contributed by atoms with Crippen LogP contribution in [-0.4, -0.2) is 126 Å². The number of H-pyrrole nitrogens is 1. The van der Waals surface area contributed by atoms with Crippen LogP contribution >= 0.6 is 0 Å². The van der Waals surface area contributed by atoms with Gasteiger partial charge >= 0.3 is 16.2 Å². The van der Waals surface area contributed by atoms with Crippen LogP contribution in [0.4, 0.5) is 36.5 Å². The molecule has 4 amide bonds. The molecule has 2 aromatic carbocycles. The molecule has 0 atom stereocenters. The molecule has 3 saturated heterocycles. The fourth-order valence-electron chi connectivity index (χ4n) is 8.06. The van der Waals surface area contributed by atoms with Crippen LogP contribution in [0.3, 0.4) is 0 Å². The lowest BCUT2D eigenvalue weighted by atomic mass is 9.87. The van der Waals surface area contributed by atoms with E-state index in [0.29, 0.717) is 78.6 Å². The molecule has 4 N–H and O–H groups in total. The van der Waals surface area contributed by atoms with E-state index >= 15 is 8.78 Å². The summed E-state index contributed by atoms with van der Waals surface area (Å²) in [6.45, 7) is 4.53. The van der Waals surface area contributed by atoms with Gasteiger partial charge in [0.15, 0.2) is 11.6 Å². The zero-order valence-corrected chi connectivity index (χ0v) is 35.4. The highest BCUT2D eigenvalue weighted by atomic mass is 32.2. The summed E-state index contributed by atoms with van der Waals surface area (Å²) in [5, 5.41) is 14.1. The summed E-state index contributed by atoms with van der Waals surface area (Å²) in [6.07, 6.45) is 5.37. The van der Waals surface area contributed by atoms with E-state index in [1.165, 1.54) is 42.4 Å². The number of ketones is 1. The van der Waals surface area contributed by atoms with E-state index in [0.717, 1.165) is 4.31 Å². The van der Waals surface area contributed by atoms with Crippen LogP contribution in [0.25, 0.3) is 22.2 Å². The third-order valence-electron chi connectivity index (χ3n) is 12.0. The van der Waals surface area contributed by atoms with E-state index in [4.69, 9.17) is 0 Å². The molecule has 0 spiro atoms. The molecule has 63 heavy (non-hydrogen) atoms. The van der Waals surface area contributed by atoms with Gasteiger partial charge in [0.05, 0.1) is 29.0 Å². The Kier molecular flexibility index (Phi) is 11.9. The van der Waals surface area contributed by atoms with Gasteiger partial charge in [-0.15, -0.1) is 0 Å². The van der Waals surface area contributed by atoms with Crippen molar-refractivity contribution in [2.75, 3.05) is 78.8 Å². The number of rotatable bonds is 12. The quantitative estimate of drug-likeness (QED) is 0.130. The lowest BCUT2D eigenvalue weighted by Crippen LogP contribution is -2.52. The number of hydrogen-bond acceptors (Lipinski definition) is 11. The van der Waals surface area contributed by atoms with E-state index in [9.17, 15) is 32.7 Å². The number of nitrogens with one attached hydrogen (secondary N) is 3. The average molecular weight is 885 g/mol. The van der Waals surface area contributed by atoms with Gasteiger partial charge in [0.25, 0.3) is 0 Å². The first kappa shape index (κ1) is 43.2. The minimum atomic E-state index is -4.03. The number of hydrogen-bond donors (Lipinski definition) is 4. The second-order valence-electron chi connectivity index (χ2n) is 15.9. The summed E-state index contributed by atoms with van der Waals surface area (Å²) in [6, 6.07) is 13.3. The molecule has 0 bridgehead atoms. The van der Waals surface area contributed by atoms with Crippen molar-refractivity contribution in [1.82, 2.24) is 29.5 Å². The molecule has 0 aliphatic carbocycles. The standard InChI is InChI=1S/C43H46F2N10O7S/c1-3-51(2)63(61,62)50-34-6-4-5-30(39(34)45)40(58)32-26-48-41-31(32)21-28(25-47-41)27-7-10-36(46-24-27)53-17-19-54(20-18-53)38(57)23-43(60)12-15-52(16-13-43)35-9-8-29(22-33(35)44)55-14-11-37(56)49-42(55)59/h4-10,21-22,24-26,50,60H,3,11-20,23H2,1-2H3,(H,47,48)(H,49,56,59). The summed E-state index contributed by atoms with van der Waals surface area (Å²) in [5.41, 5.74) is 0.718. The van der Waals surface area contributed by atoms with Gasteiger partial charge in [-0.3, -0.25) is 29.3 Å². The van der Waals surface area contributed by atoms with Crippen molar-refractivity contribution in [2.24, 2.45) is 0 Å². The molecule has 0 saturated carbocycles. The highest BCUT2D eigenvalue weighted by molar-refractivity contribution is 7.90. The molecule has 5 aromatic rings. The fraction of sp³-hybridized carbons (Fsp3) is 0.349. The largest absolute Gasteiger partial charge is 0.389 e. The van der Waals surface area contributed by atoms with Gasteiger partial charge < -0.3 is 24.8 Å². The van der Waals surface area contributed by atoms with Gasteiger partial charge in [0, 0.05) is 112 Å². The van der Waals surface area contributed by atoms with Crippen LogP contribution < -0.4 is 24.7 Å². The molecule has 330 valence electrons. The predicted molar refractivity (Wildman–Crippen MR) is 232 cm³/mol. The monoisotopic (exact) mass is 884 g/mol. The van der Waals surface area contributed by atoms with Gasteiger partial charge in [-0.25, -0.2) is 23.5 Å². The zero-order valence-electron chi connectivity index (χ0n) is 34.6. The number of aromatic amines is 1.